The summed E-state index contributed by atoms with van der Waals surface area (Å²) in [5, 5.41) is 0. The van der Waals surface area contributed by atoms with Crippen LogP contribution in [0.1, 0.15) is 19.5 Å². The van der Waals surface area contributed by atoms with Gasteiger partial charge in [0, 0.05) is 16.9 Å². The van der Waals surface area contributed by atoms with Gasteiger partial charge >= 0.3 is 0 Å². The lowest BCUT2D eigenvalue weighted by Gasteiger charge is -2.03. The molecular weight excluding hydrogens is 248 g/mol. The molecule has 0 saturated heterocycles. The van der Waals surface area contributed by atoms with Crippen LogP contribution in [0.3, 0.4) is 0 Å². The molecule has 0 aliphatic carbocycles. The Hall–Kier alpha value is -2.42. The minimum atomic E-state index is 0.887. The molecule has 0 N–H and O–H groups in total. The molecule has 2 heterocycles. The van der Waals surface area contributed by atoms with Crippen molar-refractivity contribution in [2.24, 2.45) is 0 Å². The number of pyridine rings is 2. The summed E-state index contributed by atoms with van der Waals surface area (Å²) >= 11 is 0. The second-order valence-corrected chi connectivity index (χ2v) is 4.38. The molecule has 0 spiro atoms. The van der Waals surface area contributed by atoms with Gasteiger partial charge in [-0.25, -0.2) is 4.98 Å². The first kappa shape index (κ1) is 14.0. The predicted molar refractivity (Wildman–Crippen MR) is 80.8 cm³/mol. The van der Waals surface area contributed by atoms with Crippen LogP contribution in [0.5, 0.6) is 0 Å². The normalized spacial score (nSPS) is 11.8. The molecule has 20 heavy (non-hydrogen) atoms. The topological polar surface area (TPSA) is 26.0 Å². The molecule has 0 fully saturated rings. The van der Waals surface area contributed by atoms with Gasteiger partial charge in [0.1, 0.15) is 12.8 Å². The van der Waals surface area contributed by atoms with Gasteiger partial charge in [-0.1, -0.05) is 24.3 Å². The highest BCUT2D eigenvalue weighted by atomic mass is 16.6. The number of aromatic nitrogens is 2. The van der Waals surface area contributed by atoms with Gasteiger partial charge in [-0.15, -0.1) is 0 Å². The number of rotatable bonds is 4. The first-order valence-electron chi connectivity index (χ1n) is 6.59. The highest BCUT2D eigenvalue weighted by Crippen LogP contribution is 2.17. The number of nitrogens with zero attached hydrogens (tertiary/aromatic N) is 2. The zero-order valence-electron chi connectivity index (χ0n) is 12.1. The summed E-state index contributed by atoms with van der Waals surface area (Å²) in [5.74, 6) is 0. The Bertz CT molecular complexity index is 645. The second kappa shape index (κ2) is 6.66. The van der Waals surface area contributed by atoms with E-state index in [1.54, 1.807) is 11.8 Å². The van der Waals surface area contributed by atoms with Crippen molar-refractivity contribution in [3.63, 3.8) is 0 Å². The van der Waals surface area contributed by atoms with E-state index < -0.39 is 0 Å². The Labute approximate surface area is 119 Å². The van der Waals surface area contributed by atoms with Crippen molar-refractivity contribution in [3.05, 3.63) is 66.5 Å². The highest BCUT2D eigenvalue weighted by Gasteiger charge is 2.14. The molecule has 3 nitrogen and oxygen atoms in total. The maximum Gasteiger partial charge on any atom is 0.282 e. The van der Waals surface area contributed by atoms with Crippen molar-refractivity contribution in [1.82, 2.24) is 4.98 Å². The largest absolute Gasteiger partial charge is 0.282 e. The SMILES string of the molecule is CC=CC=C(C)c1cccc(-c2cccc[n+]2OC)n1. The summed E-state index contributed by atoms with van der Waals surface area (Å²) in [5.41, 5.74) is 3.91. The van der Waals surface area contributed by atoms with Gasteiger partial charge in [0.2, 0.25) is 6.20 Å². The van der Waals surface area contributed by atoms with Crippen LogP contribution in [0, 0.1) is 0 Å². The van der Waals surface area contributed by atoms with Gasteiger partial charge in [-0.2, -0.15) is 0 Å². The lowest BCUT2D eigenvalue weighted by Crippen LogP contribution is -2.42. The summed E-state index contributed by atoms with van der Waals surface area (Å²) < 4.78 is 1.71. The van der Waals surface area contributed by atoms with Crippen molar-refractivity contribution < 1.29 is 9.57 Å². The average Bonchev–Trinajstić information content (AvgIpc) is 2.52. The Morgan fingerprint density at radius 1 is 1.20 bits per heavy atom. The quantitative estimate of drug-likeness (QED) is 0.628. The molecule has 0 aliphatic heterocycles. The minimum absolute atomic E-state index is 0.887. The molecule has 0 amide bonds. The van der Waals surface area contributed by atoms with Crippen LogP contribution in [-0.4, -0.2) is 12.1 Å². The summed E-state index contributed by atoms with van der Waals surface area (Å²) in [7, 11) is 1.64. The molecule has 2 rings (SSSR count). The summed E-state index contributed by atoms with van der Waals surface area (Å²) in [6.45, 7) is 4.06. The lowest BCUT2D eigenvalue weighted by molar-refractivity contribution is -0.877. The average molecular weight is 267 g/mol. The van der Waals surface area contributed by atoms with E-state index in [2.05, 4.69) is 13.0 Å². The predicted octanol–water partition coefficient (Wildman–Crippen LogP) is 3.07. The van der Waals surface area contributed by atoms with Crippen molar-refractivity contribution in [2.75, 3.05) is 7.11 Å². The molecule has 0 radical (unpaired) electrons. The van der Waals surface area contributed by atoms with E-state index in [4.69, 9.17) is 9.82 Å². The number of hydrogen-bond acceptors (Lipinski definition) is 2. The smallest absolute Gasteiger partial charge is 0.274 e. The van der Waals surface area contributed by atoms with Crippen LogP contribution < -0.4 is 9.57 Å². The highest BCUT2D eigenvalue weighted by molar-refractivity contribution is 5.64. The Morgan fingerprint density at radius 2 is 2.05 bits per heavy atom. The van der Waals surface area contributed by atoms with Crippen molar-refractivity contribution in [1.29, 1.82) is 0 Å². The maximum atomic E-state index is 5.32. The summed E-state index contributed by atoms with van der Waals surface area (Å²) in [6, 6.07) is 11.9. The van der Waals surface area contributed by atoms with Crippen molar-refractivity contribution in [3.8, 4) is 11.4 Å². The molecule has 0 unspecified atom stereocenters. The van der Waals surface area contributed by atoms with Gasteiger partial charge in [0.25, 0.3) is 5.69 Å². The van der Waals surface area contributed by atoms with Crippen LogP contribution in [0.4, 0.5) is 0 Å². The van der Waals surface area contributed by atoms with E-state index in [1.807, 2.05) is 61.7 Å². The number of hydrogen-bond donors (Lipinski definition) is 0. The third-order valence-corrected chi connectivity index (χ3v) is 2.98. The molecule has 0 saturated carbocycles. The fraction of sp³-hybridized carbons (Fsp3) is 0.176. The second-order valence-electron chi connectivity index (χ2n) is 4.38. The molecule has 2 aromatic heterocycles. The summed E-state index contributed by atoms with van der Waals surface area (Å²) in [4.78, 5) is 10.0. The lowest BCUT2D eigenvalue weighted by atomic mass is 10.1. The first-order valence-corrected chi connectivity index (χ1v) is 6.59. The van der Waals surface area contributed by atoms with E-state index in [0.29, 0.717) is 0 Å². The zero-order valence-corrected chi connectivity index (χ0v) is 12.1. The van der Waals surface area contributed by atoms with Crippen molar-refractivity contribution in [2.45, 2.75) is 13.8 Å². The Morgan fingerprint density at radius 3 is 2.80 bits per heavy atom. The van der Waals surface area contributed by atoms with Gasteiger partial charge in [0.15, 0.2) is 0 Å². The summed E-state index contributed by atoms with van der Waals surface area (Å²) in [6.07, 6.45) is 7.94. The van der Waals surface area contributed by atoms with Crippen LogP contribution in [0.15, 0.2) is 60.8 Å². The Balaban J connectivity index is 2.44. The van der Waals surface area contributed by atoms with Crippen LogP contribution >= 0.6 is 0 Å². The molecule has 2 aromatic rings. The van der Waals surface area contributed by atoms with Gasteiger partial charge < -0.3 is 0 Å². The van der Waals surface area contributed by atoms with Gasteiger partial charge in [-0.05, 0) is 37.6 Å². The van der Waals surface area contributed by atoms with Gasteiger partial charge in [-0.3, -0.25) is 4.84 Å². The monoisotopic (exact) mass is 267 g/mol. The van der Waals surface area contributed by atoms with E-state index in [-0.39, 0.29) is 0 Å². The third-order valence-electron chi connectivity index (χ3n) is 2.98. The molecular formula is C17H19N2O+. The molecule has 0 aromatic carbocycles. The zero-order chi connectivity index (χ0) is 14.4. The molecule has 102 valence electrons. The van der Waals surface area contributed by atoms with Gasteiger partial charge in [0.05, 0.1) is 5.69 Å². The molecule has 0 aliphatic rings. The standard InChI is InChI=1S/C17H19N2O/c1-4-5-9-14(2)15-10-8-11-16(18-15)17-12-6-7-13-19(17)20-3/h4-13H,1-3H3/q+1. The fourth-order valence-corrected chi connectivity index (χ4v) is 1.91. The van der Waals surface area contributed by atoms with Crippen LogP contribution in [0.2, 0.25) is 0 Å². The maximum absolute atomic E-state index is 5.32. The van der Waals surface area contributed by atoms with E-state index in [0.717, 1.165) is 22.7 Å². The number of allylic oxidation sites excluding steroid dienone is 4. The van der Waals surface area contributed by atoms with E-state index in [9.17, 15) is 0 Å². The minimum Gasteiger partial charge on any atom is -0.274 e. The van der Waals surface area contributed by atoms with E-state index >= 15 is 0 Å². The Kier molecular flexibility index (Phi) is 4.66. The van der Waals surface area contributed by atoms with E-state index in [1.165, 1.54) is 0 Å². The first-order chi connectivity index (χ1) is 9.76. The van der Waals surface area contributed by atoms with Crippen LogP contribution in [-0.2, 0) is 0 Å². The fourth-order valence-electron chi connectivity index (χ4n) is 1.91. The third kappa shape index (κ3) is 3.12. The molecule has 0 atom stereocenters. The molecule has 3 heteroatoms. The molecule has 0 bridgehead atoms. The van der Waals surface area contributed by atoms with Crippen molar-refractivity contribution >= 4 is 5.57 Å². The van der Waals surface area contributed by atoms with Crippen LogP contribution in [0.25, 0.3) is 17.0 Å².